The number of halogens is 4. The predicted octanol–water partition coefficient (Wildman–Crippen LogP) is 6.73. The highest BCUT2D eigenvalue weighted by Crippen LogP contribution is 2.36. The van der Waals surface area contributed by atoms with Crippen molar-refractivity contribution in [2.24, 2.45) is 0 Å². The minimum Gasteiger partial charge on any atom is -0.403 e. The molecule has 0 aromatic heterocycles. The van der Waals surface area contributed by atoms with Crippen LogP contribution in [0.3, 0.4) is 0 Å². The number of benzene rings is 2. The maximum absolute atomic E-state index is 14.0. The van der Waals surface area contributed by atoms with Gasteiger partial charge in [0.1, 0.15) is 0 Å². The molecule has 1 atom stereocenters. The summed E-state index contributed by atoms with van der Waals surface area (Å²) >= 11 is 0. The van der Waals surface area contributed by atoms with Gasteiger partial charge in [0.05, 0.1) is 0 Å². The van der Waals surface area contributed by atoms with E-state index in [0.29, 0.717) is 12.8 Å². The molecule has 2 aromatic carbocycles. The molecule has 0 bridgehead atoms. The Bertz CT molecular complexity index is 765. The molecular weight excluding hydrogens is 356 g/mol. The Morgan fingerprint density at radius 3 is 2.44 bits per heavy atom. The molecule has 0 N–H and O–H groups in total. The topological polar surface area (TPSA) is 9.23 Å². The molecule has 2 aromatic rings. The van der Waals surface area contributed by atoms with E-state index in [4.69, 9.17) is 0 Å². The Hall–Kier alpha value is -2.04. The highest BCUT2D eigenvalue weighted by atomic mass is 19.4. The van der Waals surface area contributed by atoms with Crippen LogP contribution in [0.5, 0.6) is 5.75 Å². The van der Waals surface area contributed by atoms with Crippen LogP contribution in [0.2, 0.25) is 0 Å². The van der Waals surface area contributed by atoms with Gasteiger partial charge in [-0.25, -0.2) is 4.39 Å². The van der Waals surface area contributed by atoms with E-state index in [1.165, 1.54) is 42.5 Å². The first kappa shape index (κ1) is 19.7. The van der Waals surface area contributed by atoms with Gasteiger partial charge in [-0.15, -0.1) is 13.2 Å². The molecule has 1 unspecified atom stereocenters. The fraction of sp³-hybridized carbons (Fsp3) is 0.455. The zero-order valence-electron chi connectivity index (χ0n) is 15.4. The normalized spacial score (nSPS) is 16.9. The number of rotatable bonds is 6. The molecule has 0 heterocycles. The van der Waals surface area contributed by atoms with Crippen LogP contribution in [0.15, 0.2) is 36.4 Å². The van der Waals surface area contributed by atoms with Gasteiger partial charge in [-0.1, -0.05) is 44.0 Å². The van der Waals surface area contributed by atoms with Gasteiger partial charge in [0, 0.05) is 0 Å². The van der Waals surface area contributed by atoms with Crippen LogP contribution in [-0.4, -0.2) is 6.36 Å². The summed E-state index contributed by atoms with van der Waals surface area (Å²) in [6.07, 6.45) is 1.90. The number of ether oxygens (including phenoxy) is 1. The number of fused-ring (bicyclic) bond motifs is 1. The van der Waals surface area contributed by atoms with Crippen molar-refractivity contribution in [1.82, 2.24) is 0 Å². The molecule has 0 amide bonds. The van der Waals surface area contributed by atoms with E-state index < -0.39 is 17.9 Å². The van der Waals surface area contributed by atoms with Crippen molar-refractivity contribution < 1.29 is 22.3 Å². The first-order valence-corrected chi connectivity index (χ1v) is 9.51. The van der Waals surface area contributed by atoms with Gasteiger partial charge < -0.3 is 4.74 Å². The minimum absolute atomic E-state index is 0.260. The van der Waals surface area contributed by atoms with E-state index in [0.717, 1.165) is 24.0 Å². The van der Waals surface area contributed by atoms with Gasteiger partial charge in [-0.3, -0.25) is 0 Å². The first-order valence-electron chi connectivity index (χ1n) is 9.51. The summed E-state index contributed by atoms with van der Waals surface area (Å²) in [5, 5.41) is 0. The molecular formula is C22H24F4O. The van der Waals surface area contributed by atoms with Gasteiger partial charge in [0.15, 0.2) is 11.6 Å². The van der Waals surface area contributed by atoms with E-state index in [1.807, 2.05) is 0 Å². The summed E-state index contributed by atoms with van der Waals surface area (Å²) in [5.74, 6) is -1.44. The lowest BCUT2D eigenvalue weighted by molar-refractivity contribution is -0.275. The van der Waals surface area contributed by atoms with E-state index in [2.05, 4.69) is 35.9 Å². The summed E-state index contributed by atoms with van der Waals surface area (Å²) in [4.78, 5) is 0. The second-order valence-electron chi connectivity index (χ2n) is 7.24. The third kappa shape index (κ3) is 5.24. The molecule has 1 aliphatic rings. The number of alkyl halides is 3. The van der Waals surface area contributed by atoms with E-state index in [1.54, 1.807) is 0 Å². The van der Waals surface area contributed by atoms with Crippen LogP contribution >= 0.6 is 0 Å². The van der Waals surface area contributed by atoms with Gasteiger partial charge in [-0.05, 0) is 72.4 Å². The highest BCUT2D eigenvalue weighted by molar-refractivity contribution is 5.41. The fourth-order valence-corrected chi connectivity index (χ4v) is 3.78. The Labute approximate surface area is 157 Å². The SMILES string of the molecule is CCCCCc1ccc(C2CCc3cc(OC(F)(F)F)c(F)cc3C2)cc1. The van der Waals surface area contributed by atoms with Crippen molar-refractivity contribution in [3.63, 3.8) is 0 Å². The largest absolute Gasteiger partial charge is 0.573 e. The molecule has 146 valence electrons. The molecule has 5 heteroatoms. The zero-order chi connectivity index (χ0) is 19.4. The Balaban J connectivity index is 1.70. The average Bonchev–Trinajstić information content (AvgIpc) is 2.62. The number of unbranched alkanes of at least 4 members (excludes halogenated alkanes) is 2. The Morgan fingerprint density at radius 2 is 1.78 bits per heavy atom. The molecule has 1 nitrogen and oxygen atoms in total. The molecule has 0 aliphatic heterocycles. The van der Waals surface area contributed by atoms with Crippen LogP contribution in [0.4, 0.5) is 17.6 Å². The van der Waals surface area contributed by atoms with Crippen molar-refractivity contribution >= 4 is 0 Å². The first-order chi connectivity index (χ1) is 12.9. The third-order valence-electron chi connectivity index (χ3n) is 5.23. The quantitative estimate of drug-likeness (QED) is 0.399. The smallest absolute Gasteiger partial charge is 0.403 e. The van der Waals surface area contributed by atoms with Gasteiger partial charge >= 0.3 is 6.36 Å². The van der Waals surface area contributed by atoms with Gasteiger partial charge in [0.2, 0.25) is 0 Å². The number of aryl methyl sites for hydroxylation is 2. The standard InChI is InChI=1S/C22H24F4O/c1-2-3-4-5-15-6-8-16(9-7-15)17-10-11-18-14-21(27-22(24,25)26)20(23)13-19(18)12-17/h6-9,13-14,17H,2-5,10-12H2,1H3. The van der Waals surface area contributed by atoms with Gasteiger partial charge in [0.25, 0.3) is 0 Å². The maximum atomic E-state index is 14.0. The van der Waals surface area contributed by atoms with E-state index in [9.17, 15) is 17.6 Å². The van der Waals surface area contributed by atoms with Crippen LogP contribution in [0, 0.1) is 5.82 Å². The van der Waals surface area contributed by atoms with E-state index in [-0.39, 0.29) is 5.92 Å². The summed E-state index contributed by atoms with van der Waals surface area (Å²) < 4.78 is 54.9. The fourth-order valence-electron chi connectivity index (χ4n) is 3.78. The third-order valence-corrected chi connectivity index (χ3v) is 5.23. The molecule has 3 rings (SSSR count). The van der Waals surface area contributed by atoms with Crippen molar-refractivity contribution in [2.45, 2.75) is 64.1 Å². The molecule has 0 spiro atoms. The van der Waals surface area contributed by atoms with Crippen molar-refractivity contribution in [3.05, 3.63) is 64.5 Å². The lowest BCUT2D eigenvalue weighted by atomic mass is 9.80. The molecule has 0 saturated carbocycles. The molecule has 27 heavy (non-hydrogen) atoms. The second kappa shape index (κ2) is 8.32. The summed E-state index contributed by atoms with van der Waals surface area (Å²) in [6, 6.07) is 11.0. The Morgan fingerprint density at radius 1 is 1.04 bits per heavy atom. The Kier molecular flexibility index (Phi) is 6.08. The van der Waals surface area contributed by atoms with Crippen molar-refractivity contribution in [1.29, 1.82) is 0 Å². The molecule has 0 radical (unpaired) electrons. The number of hydrogen-bond donors (Lipinski definition) is 0. The van der Waals surface area contributed by atoms with Crippen molar-refractivity contribution in [3.8, 4) is 5.75 Å². The monoisotopic (exact) mass is 380 g/mol. The summed E-state index contributed by atoms with van der Waals surface area (Å²) in [6.45, 7) is 2.19. The van der Waals surface area contributed by atoms with Crippen LogP contribution in [0.1, 0.15) is 60.8 Å². The maximum Gasteiger partial charge on any atom is 0.573 e. The summed E-state index contributed by atoms with van der Waals surface area (Å²) in [7, 11) is 0. The highest BCUT2D eigenvalue weighted by Gasteiger charge is 2.33. The van der Waals surface area contributed by atoms with Crippen LogP contribution in [-0.2, 0) is 19.3 Å². The van der Waals surface area contributed by atoms with E-state index >= 15 is 0 Å². The van der Waals surface area contributed by atoms with Gasteiger partial charge in [-0.2, -0.15) is 0 Å². The van der Waals surface area contributed by atoms with Crippen LogP contribution in [0.25, 0.3) is 0 Å². The summed E-state index contributed by atoms with van der Waals surface area (Å²) in [5.41, 5.74) is 4.03. The zero-order valence-corrected chi connectivity index (χ0v) is 15.4. The lowest BCUT2D eigenvalue weighted by Gasteiger charge is -2.26. The average molecular weight is 380 g/mol. The molecule has 1 aliphatic carbocycles. The second-order valence-corrected chi connectivity index (χ2v) is 7.24. The van der Waals surface area contributed by atoms with Crippen LogP contribution < -0.4 is 4.74 Å². The van der Waals surface area contributed by atoms with Crippen molar-refractivity contribution in [2.75, 3.05) is 0 Å². The predicted molar refractivity (Wildman–Crippen MR) is 97.5 cm³/mol. The molecule has 0 fully saturated rings. The number of hydrogen-bond acceptors (Lipinski definition) is 1. The minimum atomic E-state index is -4.88. The molecule has 0 saturated heterocycles. The lowest BCUT2D eigenvalue weighted by Crippen LogP contribution is -2.19.